The first-order valence-corrected chi connectivity index (χ1v) is 18.8. The van der Waals surface area contributed by atoms with Gasteiger partial charge in [-0.15, -0.1) is 11.3 Å². The van der Waals surface area contributed by atoms with E-state index in [2.05, 4.69) is 24.5 Å². The number of carbonyl (C=O) groups is 2. The molecule has 4 nitrogen and oxygen atoms in total. The van der Waals surface area contributed by atoms with Crippen molar-refractivity contribution in [2.45, 2.75) is 194 Å². The van der Waals surface area contributed by atoms with Gasteiger partial charge in [0, 0.05) is 23.6 Å². The number of thiophene rings is 1. The van der Waals surface area contributed by atoms with E-state index in [0.717, 1.165) is 37.1 Å². The molecular weight excluding hydrogens is 524 g/mol. The third-order valence-electron chi connectivity index (χ3n) is 8.22. The number of amides is 2. The molecule has 0 aliphatic carbocycles. The molecule has 1 aromatic rings. The zero-order valence-electron chi connectivity index (χ0n) is 27.2. The Morgan fingerprint density at radius 3 is 0.951 bits per heavy atom. The normalized spacial score (nSPS) is 11.2. The molecule has 2 amide bonds. The molecule has 238 valence electrons. The molecule has 0 spiro atoms. The molecule has 2 N–H and O–H groups in total. The lowest BCUT2D eigenvalue weighted by atomic mass is 10.0. The predicted octanol–water partition coefficient (Wildman–Crippen LogP) is 12.6. The van der Waals surface area contributed by atoms with Gasteiger partial charge in [0.05, 0.1) is 11.4 Å². The van der Waals surface area contributed by atoms with Gasteiger partial charge in [0.2, 0.25) is 11.8 Å². The van der Waals surface area contributed by atoms with Gasteiger partial charge in [-0.05, 0) is 12.8 Å². The van der Waals surface area contributed by atoms with E-state index in [1.165, 1.54) is 153 Å². The number of rotatable bonds is 30. The quantitative estimate of drug-likeness (QED) is 0.0875. The van der Waals surface area contributed by atoms with E-state index in [9.17, 15) is 9.59 Å². The van der Waals surface area contributed by atoms with E-state index < -0.39 is 0 Å². The summed E-state index contributed by atoms with van der Waals surface area (Å²) >= 11 is 1.52. The van der Waals surface area contributed by atoms with Gasteiger partial charge in [-0.25, -0.2) is 0 Å². The molecule has 0 unspecified atom stereocenters. The SMILES string of the molecule is CCCCCCCCCCCCCCCC(=O)Nc1cscc1NC(=O)CCCCCCCCCCCCCCC. The van der Waals surface area contributed by atoms with Crippen molar-refractivity contribution in [3.63, 3.8) is 0 Å². The summed E-state index contributed by atoms with van der Waals surface area (Å²) in [6, 6.07) is 0. The summed E-state index contributed by atoms with van der Waals surface area (Å²) in [5.74, 6) is 0.108. The molecule has 0 atom stereocenters. The molecular formula is C36H66N2O2S. The van der Waals surface area contributed by atoms with Gasteiger partial charge in [-0.3, -0.25) is 9.59 Å². The third-order valence-corrected chi connectivity index (χ3v) is 8.97. The summed E-state index contributed by atoms with van der Waals surface area (Å²) in [6.07, 6.45) is 35.1. The van der Waals surface area contributed by atoms with Crippen LogP contribution in [-0.2, 0) is 9.59 Å². The van der Waals surface area contributed by atoms with Crippen molar-refractivity contribution >= 4 is 34.5 Å². The maximum Gasteiger partial charge on any atom is 0.224 e. The summed E-state index contributed by atoms with van der Waals surface area (Å²) in [5, 5.41) is 9.87. The van der Waals surface area contributed by atoms with E-state index in [4.69, 9.17) is 0 Å². The Morgan fingerprint density at radius 2 is 0.683 bits per heavy atom. The van der Waals surface area contributed by atoms with Crippen molar-refractivity contribution in [1.29, 1.82) is 0 Å². The second-order valence-corrected chi connectivity index (χ2v) is 13.0. The molecule has 0 fully saturated rings. The summed E-state index contributed by atoms with van der Waals surface area (Å²) in [7, 11) is 0. The van der Waals surface area contributed by atoms with Gasteiger partial charge in [0.25, 0.3) is 0 Å². The number of hydrogen-bond donors (Lipinski definition) is 2. The highest BCUT2D eigenvalue weighted by atomic mass is 32.1. The van der Waals surface area contributed by atoms with Crippen molar-refractivity contribution in [3.05, 3.63) is 10.8 Å². The molecule has 0 aliphatic heterocycles. The zero-order chi connectivity index (χ0) is 29.6. The number of nitrogens with one attached hydrogen (secondary N) is 2. The number of hydrogen-bond acceptors (Lipinski definition) is 3. The highest BCUT2D eigenvalue weighted by Gasteiger charge is 2.11. The van der Waals surface area contributed by atoms with Gasteiger partial charge in [-0.1, -0.05) is 168 Å². The maximum atomic E-state index is 12.4. The first kappa shape index (κ1) is 37.7. The lowest BCUT2D eigenvalue weighted by molar-refractivity contribution is -0.117. The first-order chi connectivity index (χ1) is 20.2. The summed E-state index contributed by atoms with van der Waals surface area (Å²) in [4.78, 5) is 24.9. The molecule has 0 bridgehead atoms. The highest BCUT2D eigenvalue weighted by molar-refractivity contribution is 7.09. The highest BCUT2D eigenvalue weighted by Crippen LogP contribution is 2.27. The van der Waals surface area contributed by atoms with Crippen molar-refractivity contribution in [2.24, 2.45) is 0 Å². The minimum absolute atomic E-state index is 0.0541. The van der Waals surface area contributed by atoms with Crippen LogP contribution in [0.3, 0.4) is 0 Å². The minimum atomic E-state index is 0.0541. The summed E-state index contributed by atoms with van der Waals surface area (Å²) in [5.41, 5.74) is 1.49. The lowest BCUT2D eigenvalue weighted by Gasteiger charge is -2.09. The zero-order valence-corrected chi connectivity index (χ0v) is 28.0. The summed E-state index contributed by atoms with van der Waals surface area (Å²) < 4.78 is 0. The molecule has 1 rings (SSSR count). The number of anilines is 2. The Hall–Kier alpha value is -1.36. The second-order valence-electron chi connectivity index (χ2n) is 12.3. The Morgan fingerprint density at radius 1 is 0.439 bits per heavy atom. The predicted molar refractivity (Wildman–Crippen MR) is 182 cm³/mol. The van der Waals surface area contributed by atoms with Crippen molar-refractivity contribution in [3.8, 4) is 0 Å². The number of unbranched alkanes of at least 4 members (excludes halogenated alkanes) is 24. The van der Waals surface area contributed by atoms with Crippen LogP contribution in [0.15, 0.2) is 10.8 Å². The molecule has 0 saturated carbocycles. The Kier molecular flexibility index (Phi) is 26.4. The van der Waals surface area contributed by atoms with Crippen LogP contribution >= 0.6 is 11.3 Å². The monoisotopic (exact) mass is 590 g/mol. The molecule has 1 aromatic heterocycles. The molecule has 1 heterocycles. The molecule has 0 aromatic carbocycles. The number of carbonyl (C=O) groups excluding carboxylic acids is 2. The van der Waals surface area contributed by atoms with Crippen LogP contribution in [0.5, 0.6) is 0 Å². The minimum Gasteiger partial charge on any atom is -0.324 e. The fraction of sp³-hybridized carbons (Fsp3) is 0.833. The van der Waals surface area contributed by atoms with Gasteiger partial charge < -0.3 is 10.6 Å². The van der Waals surface area contributed by atoms with E-state index in [-0.39, 0.29) is 11.8 Å². The van der Waals surface area contributed by atoms with E-state index in [0.29, 0.717) is 12.8 Å². The van der Waals surface area contributed by atoms with E-state index in [1.54, 1.807) is 0 Å². The largest absolute Gasteiger partial charge is 0.324 e. The van der Waals surface area contributed by atoms with E-state index in [1.807, 2.05) is 10.8 Å². The van der Waals surface area contributed by atoms with Crippen molar-refractivity contribution in [2.75, 3.05) is 10.6 Å². The average molecular weight is 591 g/mol. The standard InChI is InChI=1S/C36H66N2O2S/c1-3-5-7-9-11-13-15-17-19-21-23-25-27-29-35(39)37-33-31-41-32-34(33)38-36(40)30-28-26-24-22-20-18-16-14-12-10-8-6-4-2/h31-32H,3-30H2,1-2H3,(H,37,39)(H,38,40). The van der Waals surface area contributed by atoms with Crippen LogP contribution in [0.25, 0.3) is 0 Å². The Bertz CT molecular complexity index is 674. The second kappa shape index (κ2) is 28.7. The van der Waals surface area contributed by atoms with Crippen LogP contribution in [0, 0.1) is 0 Å². The van der Waals surface area contributed by atoms with Crippen molar-refractivity contribution in [1.82, 2.24) is 0 Å². The van der Waals surface area contributed by atoms with Crippen molar-refractivity contribution < 1.29 is 9.59 Å². The van der Waals surface area contributed by atoms with Gasteiger partial charge in [0.1, 0.15) is 0 Å². The smallest absolute Gasteiger partial charge is 0.224 e. The molecule has 5 heteroatoms. The third kappa shape index (κ3) is 23.8. The molecule has 0 radical (unpaired) electrons. The summed E-state index contributed by atoms with van der Waals surface area (Å²) in [6.45, 7) is 4.55. The molecule has 41 heavy (non-hydrogen) atoms. The fourth-order valence-electron chi connectivity index (χ4n) is 5.52. The lowest BCUT2D eigenvalue weighted by Crippen LogP contribution is -2.15. The van der Waals surface area contributed by atoms with Crippen LogP contribution in [0.4, 0.5) is 11.4 Å². The molecule has 0 saturated heterocycles. The Balaban J connectivity index is 1.98. The van der Waals surface area contributed by atoms with Gasteiger partial charge in [0.15, 0.2) is 0 Å². The van der Waals surface area contributed by atoms with E-state index >= 15 is 0 Å². The van der Waals surface area contributed by atoms with Crippen LogP contribution in [0.1, 0.15) is 194 Å². The van der Waals surface area contributed by atoms with Crippen LogP contribution < -0.4 is 10.6 Å². The fourth-order valence-corrected chi connectivity index (χ4v) is 6.23. The Labute approximate surface area is 258 Å². The maximum absolute atomic E-state index is 12.4. The van der Waals surface area contributed by atoms with Crippen LogP contribution in [-0.4, -0.2) is 11.8 Å². The van der Waals surface area contributed by atoms with Crippen LogP contribution in [0.2, 0.25) is 0 Å². The molecule has 0 aliphatic rings. The topological polar surface area (TPSA) is 58.2 Å². The average Bonchev–Trinajstić information content (AvgIpc) is 3.39. The first-order valence-electron chi connectivity index (χ1n) is 17.8. The van der Waals surface area contributed by atoms with Gasteiger partial charge >= 0.3 is 0 Å². The van der Waals surface area contributed by atoms with Gasteiger partial charge in [-0.2, -0.15) is 0 Å².